The van der Waals surface area contributed by atoms with Crippen LogP contribution in [0.4, 0.5) is 14.5 Å². The molecular weight excluding hydrogens is 406 g/mol. The molecule has 3 rings (SSSR count). The summed E-state index contributed by atoms with van der Waals surface area (Å²) in [6.45, 7) is 1.97. The topological polar surface area (TPSA) is 41.6 Å². The Morgan fingerprint density at radius 2 is 2.00 bits per heavy atom. The Labute approximate surface area is 159 Å². The van der Waals surface area contributed by atoms with E-state index in [2.05, 4.69) is 26.1 Å². The summed E-state index contributed by atoms with van der Waals surface area (Å²) in [5.74, 6) is -0.690. The Balaban J connectivity index is 1.41. The van der Waals surface area contributed by atoms with Crippen LogP contribution >= 0.6 is 15.9 Å². The Bertz CT molecular complexity index is 771. The van der Waals surface area contributed by atoms with Gasteiger partial charge in [-0.1, -0.05) is 15.9 Å². The average Bonchev–Trinajstić information content (AvgIpc) is 3.09. The molecule has 0 saturated carbocycles. The second-order valence-corrected chi connectivity index (χ2v) is 7.16. The molecule has 1 amide bonds. The first kappa shape index (κ1) is 18.6. The van der Waals surface area contributed by atoms with Crippen LogP contribution in [0.25, 0.3) is 0 Å². The number of carbonyl (C=O) groups excluding carboxylic acids is 1. The lowest BCUT2D eigenvalue weighted by molar-refractivity contribution is -0.123. The third-order valence-corrected chi connectivity index (χ3v) is 4.81. The first-order valence-corrected chi connectivity index (χ1v) is 9.15. The molecule has 0 radical (unpaired) electrons. The average molecular weight is 425 g/mol. The third-order valence-electron chi connectivity index (χ3n) is 4.32. The van der Waals surface area contributed by atoms with Crippen LogP contribution in [0, 0.1) is 17.6 Å². The van der Waals surface area contributed by atoms with E-state index in [4.69, 9.17) is 4.74 Å². The molecule has 1 fully saturated rings. The zero-order chi connectivity index (χ0) is 18.5. The van der Waals surface area contributed by atoms with Gasteiger partial charge in [0.15, 0.2) is 18.2 Å². The van der Waals surface area contributed by atoms with Crippen molar-refractivity contribution in [1.82, 2.24) is 5.32 Å². The van der Waals surface area contributed by atoms with Crippen LogP contribution in [0.5, 0.6) is 5.75 Å². The van der Waals surface area contributed by atoms with E-state index in [1.807, 2.05) is 0 Å². The number of amides is 1. The van der Waals surface area contributed by atoms with Crippen LogP contribution < -0.4 is 15.0 Å². The summed E-state index contributed by atoms with van der Waals surface area (Å²) in [5, 5.41) is 2.82. The van der Waals surface area contributed by atoms with E-state index >= 15 is 0 Å². The fraction of sp³-hybridized carbons (Fsp3) is 0.316. The maximum absolute atomic E-state index is 13.6. The minimum atomic E-state index is -0.516. The molecule has 26 heavy (non-hydrogen) atoms. The van der Waals surface area contributed by atoms with Crippen molar-refractivity contribution in [2.45, 2.75) is 6.42 Å². The summed E-state index contributed by atoms with van der Waals surface area (Å²) in [7, 11) is 0. The van der Waals surface area contributed by atoms with Crippen LogP contribution in [-0.2, 0) is 4.79 Å². The molecule has 1 N–H and O–H groups in total. The summed E-state index contributed by atoms with van der Waals surface area (Å²) in [6, 6.07) is 10.8. The Kier molecular flexibility index (Phi) is 6.08. The molecule has 1 saturated heterocycles. The number of nitrogens with one attached hydrogen (secondary N) is 1. The van der Waals surface area contributed by atoms with Crippen molar-refractivity contribution in [3.05, 3.63) is 58.6 Å². The number of hydrogen-bond donors (Lipinski definition) is 1. The van der Waals surface area contributed by atoms with Crippen LogP contribution in [-0.4, -0.2) is 32.1 Å². The van der Waals surface area contributed by atoms with E-state index in [0.717, 1.165) is 25.2 Å². The molecule has 0 aliphatic carbocycles. The van der Waals surface area contributed by atoms with E-state index in [1.165, 1.54) is 24.3 Å². The molecule has 7 heteroatoms. The summed E-state index contributed by atoms with van der Waals surface area (Å²) in [5.41, 5.74) is 0.981. The number of ether oxygens (including phenoxy) is 1. The fourth-order valence-corrected chi connectivity index (χ4v) is 3.26. The molecule has 4 nitrogen and oxygen atoms in total. The van der Waals surface area contributed by atoms with Crippen LogP contribution in [0.15, 0.2) is 46.9 Å². The van der Waals surface area contributed by atoms with Crippen molar-refractivity contribution in [1.29, 1.82) is 0 Å². The monoisotopic (exact) mass is 424 g/mol. The predicted molar refractivity (Wildman–Crippen MR) is 99.3 cm³/mol. The molecule has 0 bridgehead atoms. The van der Waals surface area contributed by atoms with Gasteiger partial charge in [0, 0.05) is 29.8 Å². The normalized spacial score (nSPS) is 16.6. The third kappa shape index (κ3) is 4.94. The first-order valence-electron chi connectivity index (χ1n) is 8.36. The number of benzene rings is 2. The molecule has 1 heterocycles. The minimum Gasteiger partial charge on any atom is -0.481 e. The van der Waals surface area contributed by atoms with Gasteiger partial charge >= 0.3 is 0 Å². The molecule has 1 unspecified atom stereocenters. The highest BCUT2D eigenvalue weighted by Gasteiger charge is 2.23. The maximum atomic E-state index is 13.6. The molecule has 2 aromatic rings. The van der Waals surface area contributed by atoms with Crippen LogP contribution in [0.3, 0.4) is 0 Å². The smallest absolute Gasteiger partial charge is 0.257 e. The molecule has 0 aromatic heterocycles. The van der Waals surface area contributed by atoms with Gasteiger partial charge in [-0.05, 0) is 54.8 Å². The van der Waals surface area contributed by atoms with E-state index in [0.29, 0.717) is 16.9 Å². The largest absolute Gasteiger partial charge is 0.481 e. The van der Waals surface area contributed by atoms with Gasteiger partial charge in [-0.15, -0.1) is 0 Å². The van der Waals surface area contributed by atoms with E-state index < -0.39 is 5.82 Å². The highest BCUT2D eigenvalue weighted by Crippen LogP contribution is 2.24. The van der Waals surface area contributed by atoms with Crippen molar-refractivity contribution >= 4 is 27.5 Å². The standard InChI is InChI=1S/C19H19BrF2N2O2/c20-14-1-6-18(17(22)9-14)26-12-19(25)23-10-13-7-8-24(11-13)16-4-2-15(21)3-5-16/h1-6,9,13H,7-8,10-12H2,(H,23,25). The van der Waals surface area contributed by atoms with Crippen LogP contribution in [0.2, 0.25) is 0 Å². The van der Waals surface area contributed by atoms with Crippen molar-refractivity contribution < 1.29 is 18.3 Å². The first-order chi connectivity index (χ1) is 12.5. The summed E-state index contributed by atoms with van der Waals surface area (Å²) < 4.78 is 32.5. The predicted octanol–water partition coefficient (Wildman–Crippen LogP) is 3.75. The summed E-state index contributed by atoms with van der Waals surface area (Å²) in [4.78, 5) is 14.1. The molecule has 2 aromatic carbocycles. The number of hydrogen-bond acceptors (Lipinski definition) is 3. The Morgan fingerprint density at radius 1 is 1.23 bits per heavy atom. The zero-order valence-corrected chi connectivity index (χ0v) is 15.6. The Morgan fingerprint density at radius 3 is 2.73 bits per heavy atom. The number of carbonyl (C=O) groups is 1. The molecule has 1 aliphatic rings. The van der Waals surface area contributed by atoms with Gasteiger partial charge in [0.2, 0.25) is 0 Å². The fourth-order valence-electron chi connectivity index (χ4n) is 2.93. The second-order valence-electron chi connectivity index (χ2n) is 6.24. The van der Waals surface area contributed by atoms with Gasteiger partial charge in [-0.25, -0.2) is 8.78 Å². The lowest BCUT2D eigenvalue weighted by atomic mass is 10.1. The number of rotatable bonds is 6. The Hall–Kier alpha value is -2.15. The maximum Gasteiger partial charge on any atom is 0.257 e. The molecule has 138 valence electrons. The zero-order valence-electron chi connectivity index (χ0n) is 14.1. The van der Waals surface area contributed by atoms with Crippen molar-refractivity contribution in [2.24, 2.45) is 5.92 Å². The van der Waals surface area contributed by atoms with Crippen molar-refractivity contribution in [3.8, 4) is 5.75 Å². The van der Waals surface area contributed by atoms with Gasteiger partial charge in [-0.2, -0.15) is 0 Å². The van der Waals surface area contributed by atoms with E-state index in [1.54, 1.807) is 18.2 Å². The van der Waals surface area contributed by atoms with Crippen molar-refractivity contribution in [3.63, 3.8) is 0 Å². The summed E-state index contributed by atoms with van der Waals surface area (Å²) in [6.07, 6.45) is 0.944. The van der Waals surface area contributed by atoms with Gasteiger partial charge < -0.3 is 15.0 Å². The van der Waals surface area contributed by atoms with E-state index in [9.17, 15) is 13.6 Å². The highest BCUT2D eigenvalue weighted by molar-refractivity contribution is 9.10. The number of nitrogens with zero attached hydrogens (tertiary/aromatic N) is 1. The quantitative estimate of drug-likeness (QED) is 0.767. The second kappa shape index (κ2) is 8.49. The highest BCUT2D eigenvalue weighted by atomic mass is 79.9. The van der Waals surface area contributed by atoms with Gasteiger partial charge in [0.25, 0.3) is 5.91 Å². The molecule has 0 spiro atoms. The van der Waals surface area contributed by atoms with E-state index in [-0.39, 0.29) is 24.1 Å². The van der Waals surface area contributed by atoms with Crippen LogP contribution in [0.1, 0.15) is 6.42 Å². The lowest BCUT2D eigenvalue weighted by Crippen LogP contribution is -2.34. The summed E-state index contributed by atoms with van der Waals surface area (Å²) >= 11 is 3.17. The van der Waals surface area contributed by atoms with Gasteiger partial charge in [0.05, 0.1) is 0 Å². The lowest BCUT2D eigenvalue weighted by Gasteiger charge is -2.19. The van der Waals surface area contributed by atoms with Crippen molar-refractivity contribution in [2.75, 3.05) is 31.1 Å². The SMILES string of the molecule is O=C(COc1ccc(Br)cc1F)NCC1CCN(c2ccc(F)cc2)C1. The molecular formula is C19H19BrF2N2O2. The minimum absolute atomic E-state index is 0.0479. The van der Waals surface area contributed by atoms with Gasteiger partial charge in [0.1, 0.15) is 5.82 Å². The number of halogens is 3. The van der Waals surface area contributed by atoms with Gasteiger partial charge in [-0.3, -0.25) is 4.79 Å². The number of anilines is 1. The molecule has 1 atom stereocenters. The molecule has 1 aliphatic heterocycles.